The lowest BCUT2D eigenvalue weighted by Crippen LogP contribution is -2.35. The Labute approximate surface area is 106 Å². The minimum atomic E-state index is -4.28. The monoisotopic (exact) mass is 259 g/mol. The minimum absolute atomic E-state index is 0.0213. The van der Waals surface area contributed by atoms with Gasteiger partial charge in [-0.25, -0.2) is 0 Å². The molecule has 1 atom stereocenters. The Kier molecular flexibility index (Phi) is 4.43. The van der Waals surface area contributed by atoms with E-state index in [0.717, 1.165) is 6.07 Å². The third-order valence-corrected chi connectivity index (χ3v) is 3.11. The van der Waals surface area contributed by atoms with Crippen LogP contribution in [0.15, 0.2) is 24.3 Å². The summed E-state index contributed by atoms with van der Waals surface area (Å²) in [7, 11) is 0. The van der Waals surface area contributed by atoms with Gasteiger partial charge in [-0.2, -0.15) is 13.2 Å². The van der Waals surface area contributed by atoms with E-state index < -0.39 is 11.7 Å². The van der Waals surface area contributed by atoms with Crippen molar-refractivity contribution in [3.8, 4) is 0 Å². The van der Waals surface area contributed by atoms with Gasteiger partial charge in [-0.3, -0.25) is 0 Å². The summed E-state index contributed by atoms with van der Waals surface area (Å²) >= 11 is 0. The van der Waals surface area contributed by atoms with Crippen LogP contribution in [0.1, 0.15) is 38.3 Å². The Morgan fingerprint density at radius 2 is 1.78 bits per heavy atom. The quantitative estimate of drug-likeness (QED) is 0.872. The number of hydrogen-bond acceptors (Lipinski definition) is 1. The molecule has 1 unspecified atom stereocenters. The number of aryl methyl sites for hydroxylation is 1. The molecule has 0 aromatic heterocycles. The van der Waals surface area contributed by atoms with Gasteiger partial charge in [0.25, 0.3) is 0 Å². The molecular weight excluding hydrogens is 239 g/mol. The van der Waals surface area contributed by atoms with Gasteiger partial charge in [0.2, 0.25) is 0 Å². The van der Waals surface area contributed by atoms with Gasteiger partial charge < -0.3 is 5.73 Å². The van der Waals surface area contributed by atoms with E-state index in [2.05, 4.69) is 0 Å². The number of halogens is 3. The summed E-state index contributed by atoms with van der Waals surface area (Å²) in [4.78, 5) is 0. The zero-order valence-electron chi connectivity index (χ0n) is 11.0. The van der Waals surface area contributed by atoms with Crippen LogP contribution in [0.25, 0.3) is 0 Å². The molecule has 0 bridgehead atoms. The fraction of sp³-hybridized carbons (Fsp3) is 0.571. The molecule has 0 aliphatic carbocycles. The van der Waals surface area contributed by atoms with Crippen LogP contribution in [-0.2, 0) is 12.6 Å². The zero-order chi connectivity index (χ0) is 14.0. The molecule has 2 N–H and O–H groups in total. The van der Waals surface area contributed by atoms with Crippen molar-refractivity contribution in [2.45, 2.75) is 45.8 Å². The molecule has 102 valence electrons. The second kappa shape index (κ2) is 5.31. The van der Waals surface area contributed by atoms with Crippen molar-refractivity contribution in [1.29, 1.82) is 0 Å². The SMILES string of the molecule is CC(C)(C)C(N)CCc1cccc(C(F)(F)F)c1. The summed E-state index contributed by atoms with van der Waals surface area (Å²) in [5.41, 5.74) is 6.07. The van der Waals surface area contributed by atoms with E-state index in [1.54, 1.807) is 6.07 Å². The molecule has 1 nitrogen and oxygen atoms in total. The van der Waals surface area contributed by atoms with E-state index in [1.807, 2.05) is 20.8 Å². The van der Waals surface area contributed by atoms with E-state index >= 15 is 0 Å². The van der Waals surface area contributed by atoms with Crippen LogP contribution in [0, 0.1) is 5.41 Å². The molecule has 0 radical (unpaired) electrons. The third-order valence-electron chi connectivity index (χ3n) is 3.11. The van der Waals surface area contributed by atoms with Gasteiger partial charge in [0, 0.05) is 6.04 Å². The van der Waals surface area contributed by atoms with Crippen LogP contribution < -0.4 is 5.73 Å². The normalized spacial score (nSPS) is 14.6. The molecule has 4 heteroatoms. The van der Waals surface area contributed by atoms with Crippen molar-refractivity contribution in [3.63, 3.8) is 0 Å². The first-order valence-corrected chi connectivity index (χ1v) is 6.02. The van der Waals surface area contributed by atoms with E-state index in [4.69, 9.17) is 5.73 Å². The standard InChI is InChI=1S/C14H20F3N/c1-13(2,3)12(18)8-7-10-5-4-6-11(9-10)14(15,16)17/h4-6,9,12H,7-8,18H2,1-3H3. The third kappa shape index (κ3) is 4.33. The summed E-state index contributed by atoms with van der Waals surface area (Å²) < 4.78 is 37.6. The lowest BCUT2D eigenvalue weighted by molar-refractivity contribution is -0.137. The van der Waals surface area contributed by atoms with Gasteiger partial charge in [0.05, 0.1) is 5.56 Å². The molecule has 0 saturated heterocycles. The largest absolute Gasteiger partial charge is 0.416 e. The maximum atomic E-state index is 12.5. The van der Waals surface area contributed by atoms with Gasteiger partial charge in [0.1, 0.15) is 0 Å². The fourth-order valence-electron chi connectivity index (χ4n) is 1.66. The van der Waals surface area contributed by atoms with Gasteiger partial charge in [-0.1, -0.05) is 39.0 Å². The lowest BCUT2D eigenvalue weighted by atomic mass is 9.84. The van der Waals surface area contributed by atoms with E-state index in [0.29, 0.717) is 18.4 Å². The zero-order valence-corrected chi connectivity index (χ0v) is 11.0. The van der Waals surface area contributed by atoms with E-state index in [1.165, 1.54) is 12.1 Å². The smallest absolute Gasteiger partial charge is 0.327 e. The van der Waals surface area contributed by atoms with Gasteiger partial charge >= 0.3 is 6.18 Å². The molecule has 0 heterocycles. The number of alkyl halides is 3. The fourth-order valence-corrected chi connectivity index (χ4v) is 1.66. The van der Waals surface area contributed by atoms with Crippen LogP contribution in [0.5, 0.6) is 0 Å². The van der Waals surface area contributed by atoms with Crippen LogP contribution in [0.4, 0.5) is 13.2 Å². The molecule has 0 aliphatic rings. The summed E-state index contributed by atoms with van der Waals surface area (Å²) in [6, 6.07) is 5.43. The van der Waals surface area contributed by atoms with Crippen LogP contribution in [-0.4, -0.2) is 6.04 Å². The Morgan fingerprint density at radius 1 is 1.17 bits per heavy atom. The second-order valence-electron chi connectivity index (χ2n) is 5.71. The molecule has 18 heavy (non-hydrogen) atoms. The average Bonchev–Trinajstić information content (AvgIpc) is 2.23. The number of benzene rings is 1. The second-order valence-corrected chi connectivity index (χ2v) is 5.71. The molecule has 1 aromatic rings. The summed E-state index contributed by atoms with van der Waals surface area (Å²) in [6.45, 7) is 6.09. The molecule has 1 rings (SSSR count). The topological polar surface area (TPSA) is 26.0 Å². The highest BCUT2D eigenvalue weighted by Gasteiger charge is 2.30. The van der Waals surface area contributed by atoms with Crippen LogP contribution in [0.3, 0.4) is 0 Å². The molecular formula is C14H20F3N. The van der Waals surface area contributed by atoms with Crippen LogP contribution in [0.2, 0.25) is 0 Å². The van der Waals surface area contributed by atoms with Crippen molar-refractivity contribution in [1.82, 2.24) is 0 Å². The first-order valence-electron chi connectivity index (χ1n) is 6.02. The summed E-state index contributed by atoms with van der Waals surface area (Å²) in [6.07, 6.45) is -3.02. The minimum Gasteiger partial charge on any atom is -0.327 e. The van der Waals surface area contributed by atoms with Gasteiger partial charge in [-0.05, 0) is 29.9 Å². The molecule has 0 aliphatic heterocycles. The maximum Gasteiger partial charge on any atom is 0.416 e. The van der Waals surface area contributed by atoms with Crippen molar-refractivity contribution in [2.24, 2.45) is 11.1 Å². The predicted octanol–water partition coefficient (Wildman–Crippen LogP) is 4.01. The molecule has 0 saturated carbocycles. The van der Waals surface area contributed by atoms with E-state index in [-0.39, 0.29) is 11.5 Å². The van der Waals surface area contributed by atoms with Crippen molar-refractivity contribution in [3.05, 3.63) is 35.4 Å². The lowest BCUT2D eigenvalue weighted by Gasteiger charge is -2.27. The Hall–Kier alpha value is -1.03. The van der Waals surface area contributed by atoms with E-state index in [9.17, 15) is 13.2 Å². The van der Waals surface area contributed by atoms with Crippen molar-refractivity contribution >= 4 is 0 Å². The molecule has 0 spiro atoms. The highest BCUT2D eigenvalue weighted by atomic mass is 19.4. The summed E-state index contributed by atoms with van der Waals surface area (Å²) in [5.74, 6) is 0. The molecule has 0 fully saturated rings. The Bertz CT molecular complexity index is 391. The van der Waals surface area contributed by atoms with Crippen molar-refractivity contribution < 1.29 is 13.2 Å². The van der Waals surface area contributed by atoms with Crippen molar-refractivity contribution in [2.75, 3.05) is 0 Å². The Balaban J connectivity index is 2.69. The highest BCUT2D eigenvalue weighted by molar-refractivity contribution is 5.25. The summed E-state index contributed by atoms with van der Waals surface area (Å²) in [5, 5.41) is 0. The Morgan fingerprint density at radius 3 is 2.28 bits per heavy atom. The average molecular weight is 259 g/mol. The molecule has 0 amide bonds. The van der Waals surface area contributed by atoms with Crippen LogP contribution >= 0.6 is 0 Å². The number of hydrogen-bond donors (Lipinski definition) is 1. The maximum absolute atomic E-state index is 12.5. The number of rotatable bonds is 3. The predicted molar refractivity (Wildman–Crippen MR) is 67.2 cm³/mol. The first kappa shape index (κ1) is 15.0. The molecule has 1 aromatic carbocycles. The first-order chi connectivity index (χ1) is 8.10. The van der Waals surface area contributed by atoms with Gasteiger partial charge in [0.15, 0.2) is 0 Å². The van der Waals surface area contributed by atoms with Gasteiger partial charge in [-0.15, -0.1) is 0 Å². The number of nitrogens with two attached hydrogens (primary N) is 1. The highest BCUT2D eigenvalue weighted by Crippen LogP contribution is 2.30.